The monoisotopic (exact) mass is 364 g/mol. The first-order valence-corrected chi connectivity index (χ1v) is 9.01. The summed E-state index contributed by atoms with van der Waals surface area (Å²) in [4.78, 5) is 11.3. The molecule has 0 unspecified atom stereocenters. The summed E-state index contributed by atoms with van der Waals surface area (Å²) in [7, 11) is -2.11. The van der Waals surface area contributed by atoms with E-state index in [-0.39, 0.29) is 17.3 Å². The highest BCUT2D eigenvalue weighted by molar-refractivity contribution is 7.89. The summed E-state index contributed by atoms with van der Waals surface area (Å²) in [6.45, 7) is 0.111. The molecule has 0 saturated heterocycles. The molecule has 0 bridgehead atoms. The van der Waals surface area contributed by atoms with Crippen LogP contribution in [0.3, 0.4) is 0 Å². The number of hydrogen-bond acceptors (Lipinski definition) is 3. The molecule has 2 aromatic rings. The molecule has 0 aromatic heterocycles. The summed E-state index contributed by atoms with van der Waals surface area (Å²) in [5.41, 5.74) is 1.43. The first-order valence-electron chi connectivity index (χ1n) is 7.15. The molecule has 0 aliphatic rings. The topological polar surface area (TPSA) is 75.3 Å². The molecule has 126 valence electrons. The van der Waals surface area contributed by atoms with Crippen molar-refractivity contribution >= 4 is 33.6 Å². The molecule has 24 heavy (non-hydrogen) atoms. The van der Waals surface area contributed by atoms with Gasteiger partial charge in [0.15, 0.2) is 0 Å². The molecule has 0 atom stereocenters. The number of carbonyl (C=O) groups excluding carboxylic acids is 1. The van der Waals surface area contributed by atoms with Crippen LogP contribution in [0.1, 0.15) is 11.1 Å². The van der Waals surface area contributed by atoms with E-state index in [1.54, 1.807) is 42.5 Å². The standard InChI is InChI=1S/C17H17ClN2O3S/c1-19-17(21)11-8-13-6-9-15(10-7-13)24(22,23)20-12-14-4-2-3-5-16(14)18/h2-11,20H,12H2,1H3,(H,19,21)/b11-8+. The molecule has 0 spiro atoms. The minimum absolute atomic E-state index is 0.111. The van der Waals surface area contributed by atoms with E-state index in [0.29, 0.717) is 10.6 Å². The number of sulfonamides is 1. The minimum Gasteiger partial charge on any atom is -0.356 e. The Morgan fingerprint density at radius 3 is 2.42 bits per heavy atom. The molecule has 5 nitrogen and oxygen atoms in total. The fourth-order valence-electron chi connectivity index (χ4n) is 1.91. The second-order valence-corrected chi connectivity index (χ2v) is 7.11. The third kappa shape index (κ3) is 4.92. The molecular weight excluding hydrogens is 348 g/mol. The Labute approximate surface area is 146 Å². The summed E-state index contributed by atoms with van der Waals surface area (Å²) in [5, 5.41) is 2.97. The van der Waals surface area contributed by atoms with Crippen LogP contribution in [0.4, 0.5) is 0 Å². The van der Waals surface area contributed by atoms with Crippen molar-refractivity contribution in [2.75, 3.05) is 7.05 Å². The van der Waals surface area contributed by atoms with Crippen molar-refractivity contribution in [2.24, 2.45) is 0 Å². The van der Waals surface area contributed by atoms with Crippen LogP contribution < -0.4 is 10.0 Å². The van der Waals surface area contributed by atoms with Gasteiger partial charge in [0.25, 0.3) is 0 Å². The van der Waals surface area contributed by atoms with Gasteiger partial charge >= 0.3 is 0 Å². The molecule has 0 fully saturated rings. The number of benzene rings is 2. The number of nitrogens with one attached hydrogen (secondary N) is 2. The van der Waals surface area contributed by atoms with Crippen LogP contribution in [-0.4, -0.2) is 21.4 Å². The lowest BCUT2D eigenvalue weighted by Gasteiger charge is -2.08. The lowest BCUT2D eigenvalue weighted by Crippen LogP contribution is -2.23. The molecule has 7 heteroatoms. The molecule has 2 aromatic carbocycles. The Bertz CT molecular complexity index is 846. The summed E-state index contributed by atoms with van der Waals surface area (Å²) in [5.74, 6) is -0.229. The third-order valence-electron chi connectivity index (χ3n) is 3.27. The highest BCUT2D eigenvalue weighted by atomic mass is 35.5. The van der Waals surface area contributed by atoms with Gasteiger partial charge < -0.3 is 5.32 Å². The lowest BCUT2D eigenvalue weighted by molar-refractivity contribution is -0.115. The predicted molar refractivity (Wildman–Crippen MR) is 95.0 cm³/mol. The fraction of sp³-hybridized carbons (Fsp3) is 0.118. The van der Waals surface area contributed by atoms with Gasteiger partial charge in [0, 0.05) is 24.7 Å². The van der Waals surface area contributed by atoms with E-state index in [4.69, 9.17) is 11.6 Å². The van der Waals surface area contributed by atoms with Crippen LogP contribution in [0, 0.1) is 0 Å². The van der Waals surface area contributed by atoms with E-state index < -0.39 is 10.0 Å². The maximum atomic E-state index is 12.3. The van der Waals surface area contributed by atoms with E-state index in [2.05, 4.69) is 10.0 Å². The van der Waals surface area contributed by atoms with Crippen LogP contribution in [0.25, 0.3) is 6.08 Å². The Morgan fingerprint density at radius 1 is 1.12 bits per heavy atom. The van der Waals surface area contributed by atoms with E-state index >= 15 is 0 Å². The summed E-state index contributed by atoms with van der Waals surface area (Å²) in [6, 6.07) is 13.3. The van der Waals surface area contributed by atoms with Crippen LogP contribution in [0.2, 0.25) is 5.02 Å². The van der Waals surface area contributed by atoms with E-state index in [1.807, 2.05) is 0 Å². The van der Waals surface area contributed by atoms with E-state index in [9.17, 15) is 13.2 Å². The van der Waals surface area contributed by atoms with Gasteiger partial charge in [0.1, 0.15) is 0 Å². The Balaban J connectivity index is 2.08. The lowest BCUT2D eigenvalue weighted by atomic mass is 10.2. The Hall–Kier alpha value is -2.15. The summed E-state index contributed by atoms with van der Waals surface area (Å²) < 4.78 is 27.1. The van der Waals surface area contributed by atoms with Gasteiger partial charge in [0.2, 0.25) is 15.9 Å². The zero-order chi connectivity index (χ0) is 17.6. The molecule has 0 aliphatic carbocycles. The highest BCUT2D eigenvalue weighted by Gasteiger charge is 2.14. The van der Waals surface area contributed by atoms with Crippen molar-refractivity contribution in [3.05, 3.63) is 70.8 Å². The van der Waals surface area contributed by atoms with Crippen LogP contribution >= 0.6 is 11.6 Å². The van der Waals surface area contributed by atoms with Gasteiger partial charge in [0.05, 0.1) is 4.90 Å². The van der Waals surface area contributed by atoms with Gasteiger partial charge in [-0.25, -0.2) is 13.1 Å². The average Bonchev–Trinajstić information content (AvgIpc) is 2.59. The van der Waals surface area contributed by atoms with E-state index in [1.165, 1.54) is 25.3 Å². The number of amides is 1. The minimum atomic E-state index is -3.64. The van der Waals surface area contributed by atoms with Gasteiger partial charge in [-0.05, 0) is 35.4 Å². The van der Waals surface area contributed by atoms with Crippen LogP contribution in [-0.2, 0) is 21.4 Å². The number of rotatable bonds is 6. The number of likely N-dealkylation sites (N-methyl/N-ethyl adjacent to an activating group) is 1. The largest absolute Gasteiger partial charge is 0.356 e. The van der Waals surface area contributed by atoms with E-state index in [0.717, 1.165) is 5.56 Å². The molecule has 0 aliphatic heterocycles. The Morgan fingerprint density at radius 2 is 1.79 bits per heavy atom. The predicted octanol–water partition coefficient (Wildman–Crippen LogP) is 2.58. The third-order valence-corrected chi connectivity index (χ3v) is 5.06. The number of carbonyl (C=O) groups is 1. The van der Waals surface area contributed by atoms with Crippen LogP contribution in [0.5, 0.6) is 0 Å². The van der Waals surface area contributed by atoms with Crippen molar-refractivity contribution < 1.29 is 13.2 Å². The molecular formula is C17H17ClN2O3S. The number of hydrogen-bond donors (Lipinski definition) is 2. The zero-order valence-corrected chi connectivity index (χ0v) is 14.6. The first-order chi connectivity index (χ1) is 11.4. The molecule has 2 N–H and O–H groups in total. The molecule has 0 saturated carbocycles. The molecule has 1 amide bonds. The van der Waals surface area contributed by atoms with Crippen molar-refractivity contribution in [2.45, 2.75) is 11.4 Å². The number of halogens is 1. The fourth-order valence-corrected chi connectivity index (χ4v) is 3.12. The van der Waals surface area contributed by atoms with Gasteiger partial charge in [-0.15, -0.1) is 0 Å². The molecule has 2 rings (SSSR count). The maximum Gasteiger partial charge on any atom is 0.243 e. The zero-order valence-electron chi connectivity index (χ0n) is 13.0. The second-order valence-electron chi connectivity index (χ2n) is 4.93. The average molecular weight is 365 g/mol. The van der Waals surface area contributed by atoms with Crippen molar-refractivity contribution in [3.8, 4) is 0 Å². The van der Waals surface area contributed by atoms with Gasteiger partial charge in [-0.2, -0.15) is 0 Å². The molecule has 0 radical (unpaired) electrons. The van der Waals surface area contributed by atoms with Crippen molar-refractivity contribution in [3.63, 3.8) is 0 Å². The van der Waals surface area contributed by atoms with Gasteiger partial charge in [-0.1, -0.05) is 41.9 Å². The Kier molecular flexibility index (Phi) is 6.14. The van der Waals surface area contributed by atoms with Gasteiger partial charge in [-0.3, -0.25) is 4.79 Å². The van der Waals surface area contributed by atoms with Crippen molar-refractivity contribution in [1.82, 2.24) is 10.0 Å². The maximum absolute atomic E-state index is 12.3. The highest BCUT2D eigenvalue weighted by Crippen LogP contribution is 2.16. The van der Waals surface area contributed by atoms with Crippen molar-refractivity contribution in [1.29, 1.82) is 0 Å². The smallest absolute Gasteiger partial charge is 0.243 e. The second kappa shape index (κ2) is 8.10. The quantitative estimate of drug-likeness (QED) is 0.773. The SMILES string of the molecule is CNC(=O)/C=C/c1ccc(S(=O)(=O)NCc2ccccc2Cl)cc1. The summed E-state index contributed by atoms with van der Waals surface area (Å²) >= 11 is 6.02. The normalized spacial score (nSPS) is 11.6. The summed E-state index contributed by atoms with van der Waals surface area (Å²) in [6.07, 6.45) is 2.98. The van der Waals surface area contributed by atoms with Crippen LogP contribution in [0.15, 0.2) is 59.5 Å². The first kappa shape index (κ1) is 18.2. The molecule has 0 heterocycles.